The van der Waals surface area contributed by atoms with Crippen molar-refractivity contribution in [1.82, 2.24) is 0 Å². The quantitative estimate of drug-likeness (QED) is 0.485. The smallest absolute Gasteiger partial charge is 0.265 e. The highest BCUT2D eigenvalue weighted by molar-refractivity contribution is 7.93. The van der Waals surface area contributed by atoms with E-state index in [1.807, 2.05) is 0 Å². The Bertz CT molecular complexity index is 1240. The summed E-state index contributed by atoms with van der Waals surface area (Å²) in [6, 6.07) is 13.0. The van der Waals surface area contributed by atoms with E-state index in [1.165, 1.54) is 0 Å². The second-order valence-corrected chi connectivity index (χ2v) is 8.99. The molecule has 3 rings (SSSR count). The summed E-state index contributed by atoms with van der Waals surface area (Å²) in [4.78, 5) is 12.3. The number of sulfonamides is 1. The molecule has 0 aliphatic heterocycles. The van der Waals surface area contributed by atoms with Crippen molar-refractivity contribution in [1.29, 1.82) is 0 Å². The van der Waals surface area contributed by atoms with Gasteiger partial charge in [-0.1, -0.05) is 41.4 Å². The number of nitrogens with zero attached hydrogens (tertiary/aromatic N) is 1. The van der Waals surface area contributed by atoms with Crippen molar-refractivity contribution in [3.05, 3.63) is 87.9 Å². The Morgan fingerprint density at radius 2 is 1.68 bits per heavy atom. The highest BCUT2D eigenvalue weighted by Gasteiger charge is 2.28. The van der Waals surface area contributed by atoms with E-state index in [4.69, 9.17) is 23.2 Å². The zero-order valence-corrected chi connectivity index (χ0v) is 18.4. The molecule has 162 valence electrons. The minimum atomic E-state index is -4.17. The molecular formula is C21H16Cl2F2N2O3S. The molecule has 1 N–H and O–H groups in total. The van der Waals surface area contributed by atoms with Crippen molar-refractivity contribution < 1.29 is 22.0 Å². The number of para-hydroxylation sites is 1. The molecule has 0 aliphatic rings. The largest absolute Gasteiger partial charge is 0.319 e. The van der Waals surface area contributed by atoms with Crippen LogP contribution < -0.4 is 9.62 Å². The first-order valence-electron chi connectivity index (χ1n) is 8.98. The highest BCUT2D eigenvalue weighted by atomic mass is 35.5. The van der Waals surface area contributed by atoms with Crippen molar-refractivity contribution in [3.8, 4) is 0 Å². The Balaban J connectivity index is 2.04. The molecule has 0 heterocycles. The van der Waals surface area contributed by atoms with Crippen molar-refractivity contribution in [2.45, 2.75) is 11.8 Å². The molecule has 10 heteroatoms. The van der Waals surface area contributed by atoms with E-state index in [9.17, 15) is 22.0 Å². The van der Waals surface area contributed by atoms with Gasteiger partial charge in [0.05, 0.1) is 27.0 Å². The van der Waals surface area contributed by atoms with Crippen LogP contribution in [-0.2, 0) is 10.0 Å². The van der Waals surface area contributed by atoms with Gasteiger partial charge in [-0.3, -0.25) is 9.10 Å². The minimum Gasteiger partial charge on any atom is -0.319 e. The third-order valence-electron chi connectivity index (χ3n) is 4.34. The lowest BCUT2D eigenvalue weighted by molar-refractivity contribution is 0.102. The molecule has 0 atom stereocenters. The molecule has 0 unspecified atom stereocenters. The van der Waals surface area contributed by atoms with E-state index < -0.39 is 33.3 Å². The zero-order valence-electron chi connectivity index (χ0n) is 16.1. The maximum Gasteiger partial charge on any atom is 0.265 e. The molecule has 0 saturated heterocycles. The molecule has 3 aromatic carbocycles. The van der Waals surface area contributed by atoms with E-state index in [-0.39, 0.29) is 27.0 Å². The molecule has 0 aliphatic carbocycles. The summed E-state index contributed by atoms with van der Waals surface area (Å²) in [5.41, 5.74) is -0.277. The van der Waals surface area contributed by atoms with Gasteiger partial charge in [-0.25, -0.2) is 17.2 Å². The van der Waals surface area contributed by atoms with E-state index in [0.29, 0.717) is 5.69 Å². The third-order valence-corrected chi connectivity index (χ3v) is 7.02. The summed E-state index contributed by atoms with van der Waals surface area (Å²) in [6.45, 7) is 1.75. The molecule has 3 aromatic rings. The van der Waals surface area contributed by atoms with E-state index >= 15 is 0 Å². The van der Waals surface area contributed by atoms with Gasteiger partial charge in [-0.15, -0.1) is 0 Å². The number of benzene rings is 3. The first-order valence-corrected chi connectivity index (χ1v) is 11.2. The Morgan fingerprint density at radius 3 is 2.32 bits per heavy atom. The summed E-state index contributed by atoms with van der Waals surface area (Å²) in [7, 11) is -4.17. The van der Waals surface area contributed by atoms with Gasteiger partial charge in [-0.05, 0) is 43.3 Å². The monoisotopic (exact) mass is 484 g/mol. The summed E-state index contributed by atoms with van der Waals surface area (Å²) in [5, 5.41) is 1.85. The Hall–Kier alpha value is -2.68. The number of hydrogen-bond donors (Lipinski definition) is 1. The van der Waals surface area contributed by atoms with Gasteiger partial charge in [0.1, 0.15) is 16.5 Å². The van der Waals surface area contributed by atoms with Crippen LogP contribution in [0.5, 0.6) is 0 Å². The van der Waals surface area contributed by atoms with Crippen LogP contribution in [0.15, 0.2) is 65.6 Å². The molecule has 0 radical (unpaired) electrons. The lowest BCUT2D eigenvalue weighted by atomic mass is 10.2. The van der Waals surface area contributed by atoms with Gasteiger partial charge in [0.2, 0.25) is 0 Å². The molecule has 31 heavy (non-hydrogen) atoms. The summed E-state index contributed by atoms with van der Waals surface area (Å²) >= 11 is 12.2. The van der Waals surface area contributed by atoms with Crippen molar-refractivity contribution in [2.75, 3.05) is 16.2 Å². The SMILES string of the molecule is CCN(c1ccccc1)S(=O)(=O)c1cc(C(=O)Nc2cc(F)ccc2F)c(Cl)cc1Cl. The molecule has 0 saturated carbocycles. The predicted octanol–water partition coefficient (Wildman–Crippen LogP) is 5.74. The van der Waals surface area contributed by atoms with Crippen LogP contribution in [0.4, 0.5) is 20.2 Å². The van der Waals surface area contributed by atoms with E-state index in [1.54, 1.807) is 37.3 Å². The number of nitrogens with one attached hydrogen (secondary N) is 1. The fourth-order valence-electron chi connectivity index (χ4n) is 2.89. The fraction of sp³-hybridized carbons (Fsp3) is 0.0952. The first-order chi connectivity index (χ1) is 14.6. The molecule has 0 bridgehead atoms. The maximum absolute atomic E-state index is 13.9. The number of carbonyl (C=O) groups excluding carboxylic acids is 1. The average molecular weight is 485 g/mol. The first kappa shape index (κ1) is 23.0. The standard InChI is InChI=1S/C21H16Cl2F2N2O3S/c1-2-27(14-6-4-3-5-7-14)31(29,30)20-11-15(16(22)12-17(20)23)21(28)26-19-10-13(24)8-9-18(19)25/h3-12H,2H2,1H3,(H,26,28). The van der Waals surface area contributed by atoms with Crippen LogP contribution in [0.2, 0.25) is 10.0 Å². The van der Waals surface area contributed by atoms with E-state index in [0.717, 1.165) is 34.6 Å². The van der Waals surface area contributed by atoms with Gasteiger partial charge >= 0.3 is 0 Å². The second-order valence-electron chi connectivity index (χ2n) is 6.35. The minimum absolute atomic E-state index is 0.0985. The van der Waals surface area contributed by atoms with E-state index in [2.05, 4.69) is 5.32 Å². The predicted molar refractivity (Wildman–Crippen MR) is 117 cm³/mol. The molecule has 0 aromatic heterocycles. The van der Waals surface area contributed by atoms with Gasteiger partial charge < -0.3 is 5.32 Å². The molecule has 0 fully saturated rings. The van der Waals surface area contributed by atoms with Gasteiger partial charge in [-0.2, -0.15) is 0 Å². The molecular weight excluding hydrogens is 469 g/mol. The number of halogens is 4. The number of rotatable bonds is 6. The van der Waals surface area contributed by atoms with Crippen LogP contribution in [-0.4, -0.2) is 20.9 Å². The molecule has 5 nitrogen and oxygen atoms in total. The Morgan fingerprint density at radius 1 is 1.00 bits per heavy atom. The topological polar surface area (TPSA) is 66.5 Å². The second kappa shape index (κ2) is 9.21. The Kier molecular flexibility index (Phi) is 6.83. The number of amides is 1. The summed E-state index contributed by atoms with van der Waals surface area (Å²) in [5.74, 6) is -2.55. The van der Waals surface area contributed by atoms with Gasteiger partial charge in [0.25, 0.3) is 15.9 Å². The summed E-state index contributed by atoms with van der Waals surface area (Å²) < 4.78 is 55.0. The number of hydrogen-bond acceptors (Lipinski definition) is 3. The van der Waals surface area contributed by atoms with Crippen LogP contribution in [0.3, 0.4) is 0 Å². The van der Waals surface area contributed by atoms with Crippen molar-refractivity contribution in [3.63, 3.8) is 0 Å². The van der Waals surface area contributed by atoms with Crippen LogP contribution in [0.25, 0.3) is 0 Å². The summed E-state index contributed by atoms with van der Waals surface area (Å²) in [6.07, 6.45) is 0. The lowest BCUT2D eigenvalue weighted by Gasteiger charge is -2.24. The van der Waals surface area contributed by atoms with Crippen LogP contribution in [0, 0.1) is 11.6 Å². The molecule has 0 spiro atoms. The van der Waals surface area contributed by atoms with Crippen LogP contribution in [0.1, 0.15) is 17.3 Å². The number of carbonyl (C=O) groups is 1. The Labute approximate surface area is 188 Å². The maximum atomic E-state index is 13.9. The van der Waals surface area contributed by atoms with Crippen LogP contribution >= 0.6 is 23.2 Å². The highest BCUT2D eigenvalue weighted by Crippen LogP contribution is 2.33. The lowest BCUT2D eigenvalue weighted by Crippen LogP contribution is -2.31. The fourth-order valence-corrected chi connectivity index (χ4v) is 5.20. The number of anilines is 2. The molecule has 1 amide bonds. The van der Waals surface area contributed by atoms with Gasteiger partial charge in [0, 0.05) is 12.6 Å². The van der Waals surface area contributed by atoms with Crippen molar-refractivity contribution in [2.24, 2.45) is 0 Å². The van der Waals surface area contributed by atoms with Gasteiger partial charge in [0.15, 0.2) is 0 Å². The third kappa shape index (κ3) is 4.81. The average Bonchev–Trinajstić information content (AvgIpc) is 2.71. The zero-order chi connectivity index (χ0) is 22.8. The van der Waals surface area contributed by atoms with Crippen molar-refractivity contribution >= 4 is 50.5 Å². The normalized spacial score (nSPS) is 11.3.